The third-order valence-electron chi connectivity index (χ3n) is 4.22. The summed E-state index contributed by atoms with van der Waals surface area (Å²) in [6, 6.07) is 17.1. The molecule has 0 bridgehead atoms. The number of alkyl halides is 3. The molecule has 0 aliphatic carbocycles. The van der Waals surface area contributed by atoms with Crippen LogP contribution in [0.1, 0.15) is 26.3 Å². The first-order valence-corrected chi connectivity index (χ1v) is 8.81. The SMILES string of the molecule is COc1ccccc1C(=O)Nc1ccccc1C(=O)Nc1cccc(C(F)(F)F)c1. The summed E-state index contributed by atoms with van der Waals surface area (Å²) in [4.78, 5) is 25.3. The van der Waals surface area contributed by atoms with Crippen LogP contribution in [0.4, 0.5) is 24.5 Å². The summed E-state index contributed by atoms with van der Waals surface area (Å²) in [7, 11) is 1.43. The van der Waals surface area contributed by atoms with Gasteiger partial charge in [-0.15, -0.1) is 0 Å². The smallest absolute Gasteiger partial charge is 0.416 e. The first-order chi connectivity index (χ1) is 14.3. The molecule has 30 heavy (non-hydrogen) atoms. The average Bonchev–Trinajstić information content (AvgIpc) is 2.73. The van der Waals surface area contributed by atoms with E-state index < -0.39 is 23.6 Å². The zero-order chi connectivity index (χ0) is 21.7. The molecule has 0 aliphatic rings. The van der Waals surface area contributed by atoms with Crippen molar-refractivity contribution in [1.29, 1.82) is 0 Å². The van der Waals surface area contributed by atoms with E-state index in [-0.39, 0.29) is 22.5 Å². The Morgan fingerprint density at radius 2 is 1.43 bits per heavy atom. The molecule has 0 saturated heterocycles. The standard InChI is InChI=1S/C22H17F3N2O3/c1-30-19-12-5-3-10-17(19)21(29)27-18-11-4-2-9-16(18)20(28)26-15-8-6-7-14(13-15)22(23,24)25/h2-13H,1H3,(H,26,28)(H,27,29). The maximum absolute atomic E-state index is 12.9. The quantitative estimate of drug-likeness (QED) is 0.602. The molecule has 0 aliphatic heterocycles. The third-order valence-corrected chi connectivity index (χ3v) is 4.22. The van der Waals surface area contributed by atoms with Crippen molar-refractivity contribution in [2.45, 2.75) is 6.18 Å². The maximum Gasteiger partial charge on any atom is 0.416 e. The van der Waals surface area contributed by atoms with E-state index in [0.29, 0.717) is 5.75 Å². The number of methoxy groups -OCH3 is 1. The molecule has 2 amide bonds. The summed E-state index contributed by atoms with van der Waals surface area (Å²) in [5.41, 5.74) is -0.317. The zero-order valence-electron chi connectivity index (χ0n) is 15.8. The fraction of sp³-hybridized carbons (Fsp3) is 0.0909. The largest absolute Gasteiger partial charge is 0.496 e. The van der Waals surface area contributed by atoms with Crippen LogP contribution in [0, 0.1) is 0 Å². The Morgan fingerprint density at radius 3 is 2.13 bits per heavy atom. The predicted molar refractivity (Wildman–Crippen MR) is 107 cm³/mol. The fourth-order valence-corrected chi connectivity index (χ4v) is 2.78. The molecule has 8 heteroatoms. The van der Waals surface area contributed by atoms with Gasteiger partial charge in [0.05, 0.1) is 29.5 Å². The van der Waals surface area contributed by atoms with Gasteiger partial charge >= 0.3 is 6.18 Å². The molecule has 0 saturated carbocycles. The van der Waals surface area contributed by atoms with Crippen LogP contribution in [0.25, 0.3) is 0 Å². The van der Waals surface area contributed by atoms with Crippen molar-refractivity contribution in [1.82, 2.24) is 0 Å². The molecule has 0 spiro atoms. The zero-order valence-corrected chi connectivity index (χ0v) is 15.8. The summed E-state index contributed by atoms with van der Waals surface area (Å²) in [6.45, 7) is 0. The Hall–Kier alpha value is -3.81. The Balaban J connectivity index is 1.83. The molecular formula is C22H17F3N2O3. The number of nitrogens with one attached hydrogen (secondary N) is 2. The van der Waals surface area contributed by atoms with E-state index in [1.54, 1.807) is 36.4 Å². The number of ether oxygens (including phenoxy) is 1. The first-order valence-electron chi connectivity index (χ1n) is 8.81. The summed E-state index contributed by atoms with van der Waals surface area (Å²) >= 11 is 0. The van der Waals surface area contributed by atoms with E-state index in [1.807, 2.05) is 0 Å². The average molecular weight is 414 g/mol. The minimum absolute atomic E-state index is 0.0133. The number of anilines is 2. The van der Waals surface area contributed by atoms with Gasteiger partial charge in [-0.1, -0.05) is 30.3 Å². The summed E-state index contributed by atoms with van der Waals surface area (Å²) in [6.07, 6.45) is -4.53. The van der Waals surface area contributed by atoms with Crippen molar-refractivity contribution in [3.63, 3.8) is 0 Å². The molecule has 3 rings (SSSR count). The van der Waals surface area contributed by atoms with E-state index in [2.05, 4.69) is 10.6 Å². The van der Waals surface area contributed by atoms with Gasteiger partial charge in [0.15, 0.2) is 0 Å². The van der Waals surface area contributed by atoms with Gasteiger partial charge < -0.3 is 15.4 Å². The topological polar surface area (TPSA) is 67.4 Å². The van der Waals surface area contributed by atoms with Crippen molar-refractivity contribution in [2.75, 3.05) is 17.7 Å². The van der Waals surface area contributed by atoms with Gasteiger partial charge in [0.2, 0.25) is 0 Å². The third kappa shape index (κ3) is 4.78. The Labute approximate surface area is 170 Å². The van der Waals surface area contributed by atoms with E-state index in [0.717, 1.165) is 12.1 Å². The lowest BCUT2D eigenvalue weighted by Gasteiger charge is -2.13. The molecule has 0 aromatic heterocycles. The van der Waals surface area contributed by atoms with Gasteiger partial charge in [-0.05, 0) is 42.5 Å². The van der Waals surface area contributed by atoms with Crippen molar-refractivity contribution < 1.29 is 27.5 Å². The van der Waals surface area contributed by atoms with Crippen molar-refractivity contribution in [2.24, 2.45) is 0 Å². The molecule has 0 heterocycles. The number of carbonyl (C=O) groups is 2. The molecule has 154 valence electrons. The number of carbonyl (C=O) groups excluding carboxylic acids is 2. The van der Waals surface area contributed by atoms with Gasteiger partial charge in [-0.2, -0.15) is 13.2 Å². The van der Waals surface area contributed by atoms with Gasteiger partial charge in [0, 0.05) is 5.69 Å². The Bertz CT molecular complexity index is 1080. The summed E-state index contributed by atoms with van der Waals surface area (Å²) in [5, 5.41) is 5.08. The maximum atomic E-state index is 12.9. The van der Waals surface area contributed by atoms with Crippen LogP contribution in [0.5, 0.6) is 5.75 Å². The minimum atomic E-state index is -4.53. The first kappa shape index (κ1) is 20.9. The normalized spacial score (nSPS) is 10.9. The molecule has 3 aromatic rings. The van der Waals surface area contributed by atoms with Crippen LogP contribution < -0.4 is 15.4 Å². The number of benzene rings is 3. The van der Waals surface area contributed by atoms with Gasteiger partial charge in [0.25, 0.3) is 11.8 Å². The predicted octanol–water partition coefficient (Wildman–Crippen LogP) is 5.22. The van der Waals surface area contributed by atoms with Crippen LogP contribution in [0.2, 0.25) is 0 Å². The molecule has 5 nitrogen and oxygen atoms in total. The number of rotatable bonds is 5. The molecule has 3 aromatic carbocycles. The molecule has 2 N–H and O–H groups in total. The van der Waals surface area contributed by atoms with Crippen molar-refractivity contribution in [3.8, 4) is 5.75 Å². The fourth-order valence-electron chi connectivity index (χ4n) is 2.78. The lowest BCUT2D eigenvalue weighted by Crippen LogP contribution is -2.19. The van der Waals surface area contributed by atoms with Gasteiger partial charge in [-0.3, -0.25) is 9.59 Å². The Kier molecular flexibility index (Phi) is 6.06. The number of hydrogen-bond donors (Lipinski definition) is 2. The molecular weight excluding hydrogens is 397 g/mol. The van der Waals surface area contributed by atoms with Gasteiger partial charge in [0.1, 0.15) is 5.75 Å². The van der Waals surface area contributed by atoms with E-state index >= 15 is 0 Å². The van der Waals surface area contributed by atoms with Crippen LogP contribution >= 0.6 is 0 Å². The highest BCUT2D eigenvalue weighted by Crippen LogP contribution is 2.31. The van der Waals surface area contributed by atoms with Crippen LogP contribution in [-0.2, 0) is 6.18 Å². The summed E-state index contributed by atoms with van der Waals surface area (Å²) < 4.78 is 43.8. The number of hydrogen-bond acceptors (Lipinski definition) is 3. The second-order valence-corrected chi connectivity index (χ2v) is 6.23. The lowest BCUT2D eigenvalue weighted by atomic mass is 10.1. The summed E-state index contributed by atoms with van der Waals surface area (Å²) in [5.74, 6) is -0.794. The van der Waals surface area contributed by atoms with Crippen molar-refractivity contribution >= 4 is 23.2 Å². The van der Waals surface area contributed by atoms with Crippen LogP contribution in [0.15, 0.2) is 72.8 Å². The van der Waals surface area contributed by atoms with Crippen molar-refractivity contribution in [3.05, 3.63) is 89.5 Å². The second-order valence-electron chi connectivity index (χ2n) is 6.23. The Morgan fingerprint density at radius 1 is 0.800 bits per heavy atom. The van der Waals surface area contributed by atoms with Crippen LogP contribution in [-0.4, -0.2) is 18.9 Å². The highest BCUT2D eigenvalue weighted by molar-refractivity contribution is 6.13. The number of amides is 2. The van der Waals surface area contributed by atoms with E-state index in [1.165, 1.54) is 31.4 Å². The van der Waals surface area contributed by atoms with Gasteiger partial charge in [-0.25, -0.2) is 0 Å². The monoisotopic (exact) mass is 414 g/mol. The molecule has 0 radical (unpaired) electrons. The second kappa shape index (κ2) is 8.69. The molecule has 0 atom stereocenters. The van der Waals surface area contributed by atoms with E-state index in [9.17, 15) is 22.8 Å². The highest BCUT2D eigenvalue weighted by atomic mass is 19.4. The highest BCUT2D eigenvalue weighted by Gasteiger charge is 2.30. The number of para-hydroxylation sites is 2. The minimum Gasteiger partial charge on any atom is -0.496 e. The number of halogens is 3. The lowest BCUT2D eigenvalue weighted by molar-refractivity contribution is -0.137. The molecule has 0 fully saturated rings. The molecule has 0 unspecified atom stereocenters. The van der Waals surface area contributed by atoms with E-state index in [4.69, 9.17) is 4.74 Å². The van der Waals surface area contributed by atoms with Crippen LogP contribution in [0.3, 0.4) is 0 Å².